The van der Waals surface area contributed by atoms with Gasteiger partial charge in [-0.1, -0.05) is 43.2 Å². The standard InChI is InChI=1S/C29H31F5O2/c1-35-17-20-6-3-18(4-7-20)2-5-19-9-13-24-23(14-19)12-11-22(27(24)32)10-8-21-15-25(30)28(26(31)16-21)36-29(33)34/h9,11-16,18,20,29H,2-8,10,17H2,1H3. The summed E-state index contributed by atoms with van der Waals surface area (Å²) in [6.45, 7) is -2.48. The van der Waals surface area contributed by atoms with Gasteiger partial charge in [0.2, 0.25) is 0 Å². The third kappa shape index (κ3) is 6.55. The Morgan fingerprint density at radius 2 is 1.50 bits per heavy atom. The van der Waals surface area contributed by atoms with Crippen molar-refractivity contribution >= 4 is 10.8 Å². The molecule has 2 nitrogen and oxygen atoms in total. The van der Waals surface area contributed by atoms with E-state index >= 15 is 4.39 Å². The summed E-state index contributed by atoms with van der Waals surface area (Å²) in [5.74, 6) is -2.48. The van der Waals surface area contributed by atoms with Crippen molar-refractivity contribution in [2.45, 2.75) is 58.0 Å². The van der Waals surface area contributed by atoms with Crippen LogP contribution in [0.4, 0.5) is 22.0 Å². The topological polar surface area (TPSA) is 18.5 Å². The molecule has 0 radical (unpaired) electrons. The summed E-state index contributed by atoms with van der Waals surface area (Å²) in [6, 6.07) is 11.2. The van der Waals surface area contributed by atoms with Crippen LogP contribution < -0.4 is 4.74 Å². The molecule has 0 aromatic heterocycles. The zero-order valence-corrected chi connectivity index (χ0v) is 20.3. The van der Waals surface area contributed by atoms with E-state index < -0.39 is 24.0 Å². The summed E-state index contributed by atoms with van der Waals surface area (Å²) < 4.78 is 76.9. The van der Waals surface area contributed by atoms with Crippen molar-refractivity contribution < 1.29 is 31.4 Å². The number of rotatable bonds is 10. The minimum atomic E-state index is -3.33. The quantitative estimate of drug-likeness (QED) is 0.259. The SMILES string of the molecule is COCC1CCC(CCc2ccc3c(F)c(CCc4cc(F)c(OC(F)F)c(F)c4)ccc3c2)CC1. The Morgan fingerprint density at radius 1 is 0.806 bits per heavy atom. The molecule has 1 fully saturated rings. The second kappa shape index (κ2) is 12.0. The van der Waals surface area contributed by atoms with Crippen molar-refractivity contribution in [3.63, 3.8) is 0 Å². The number of fused-ring (bicyclic) bond motifs is 1. The summed E-state index contributed by atoms with van der Waals surface area (Å²) >= 11 is 0. The fourth-order valence-corrected chi connectivity index (χ4v) is 5.27. The third-order valence-corrected chi connectivity index (χ3v) is 7.26. The Bertz CT molecular complexity index is 1150. The molecule has 0 amide bonds. The van der Waals surface area contributed by atoms with E-state index in [-0.39, 0.29) is 24.2 Å². The van der Waals surface area contributed by atoms with Crippen molar-refractivity contribution in [1.82, 2.24) is 0 Å². The van der Waals surface area contributed by atoms with Gasteiger partial charge < -0.3 is 9.47 Å². The second-order valence-corrected chi connectivity index (χ2v) is 9.74. The van der Waals surface area contributed by atoms with Gasteiger partial charge in [0.1, 0.15) is 5.82 Å². The van der Waals surface area contributed by atoms with Gasteiger partial charge in [0, 0.05) is 19.1 Å². The van der Waals surface area contributed by atoms with Gasteiger partial charge in [0.15, 0.2) is 17.4 Å². The molecule has 36 heavy (non-hydrogen) atoms. The zero-order valence-electron chi connectivity index (χ0n) is 20.3. The molecule has 3 aromatic rings. The number of alkyl halides is 2. The summed E-state index contributed by atoms with van der Waals surface area (Å²) in [4.78, 5) is 0. The highest BCUT2D eigenvalue weighted by molar-refractivity contribution is 5.84. The zero-order chi connectivity index (χ0) is 25.7. The molecule has 3 aromatic carbocycles. The van der Waals surface area contributed by atoms with Crippen molar-refractivity contribution in [3.05, 3.63) is 76.6 Å². The van der Waals surface area contributed by atoms with Crippen molar-refractivity contribution in [2.75, 3.05) is 13.7 Å². The van der Waals surface area contributed by atoms with E-state index in [2.05, 4.69) is 4.74 Å². The lowest BCUT2D eigenvalue weighted by atomic mass is 9.80. The van der Waals surface area contributed by atoms with Crippen LogP contribution in [0.25, 0.3) is 10.8 Å². The predicted octanol–water partition coefficient (Wildman–Crippen LogP) is 8.03. The van der Waals surface area contributed by atoms with Crippen LogP contribution in [0.3, 0.4) is 0 Å². The van der Waals surface area contributed by atoms with Crippen LogP contribution in [-0.4, -0.2) is 20.3 Å². The van der Waals surface area contributed by atoms with Crippen molar-refractivity contribution in [3.8, 4) is 5.75 Å². The number of benzene rings is 3. The molecule has 4 rings (SSSR count). The Hall–Kier alpha value is -2.67. The lowest BCUT2D eigenvalue weighted by molar-refractivity contribution is -0.0546. The summed E-state index contributed by atoms with van der Waals surface area (Å²) in [5, 5.41) is 1.33. The van der Waals surface area contributed by atoms with Crippen LogP contribution in [0.15, 0.2) is 42.5 Å². The van der Waals surface area contributed by atoms with Crippen LogP contribution in [-0.2, 0) is 24.0 Å². The lowest BCUT2D eigenvalue weighted by Gasteiger charge is -2.28. The highest BCUT2D eigenvalue weighted by Gasteiger charge is 2.21. The lowest BCUT2D eigenvalue weighted by Crippen LogP contribution is -2.18. The molecule has 1 aliphatic carbocycles. The van der Waals surface area contributed by atoms with Gasteiger partial charge >= 0.3 is 6.61 Å². The van der Waals surface area contributed by atoms with Crippen molar-refractivity contribution in [1.29, 1.82) is 0 Å². The van der Waals surface area contributed by atoms with E-state index in [4.69, 9.17) is 4.74 Å². The number of ether oxygens (including phenoxy) is 2. The molecule has 7 heteroatoms. The minimum Gasteiger partial charge on any atom is -0.429 e. The van der Waals surface area contributed by atoms with Gasteiger partial charge in [-0.25, -0.2) is 13.2 Å². The number of aryl methyl sites for hydroxylation is 3. The van der Waals surface area contributed by atoms with Crippen LogP contribution in [0, 0.1) is 29.3 Å². The van der Waals surface area contributed by atoms with E-state index in [1.54, 1.807) is 19.2 Å². The average molecular weight is 507 g/mol. The Kier molecular flexibility index (Phi) is 8.83. The van der Waals surface area contributed by atoms with Gasteiger partial charge in [0.05, 0.1) is 0 Å². The maximum Gasteiger partial charge on any atom is 0.387 e. The highest BCUT2D eigenvalue weighted by Crippen LogP contribution is 2.32. The monoisotopic (exact) mass is 506 g/mol. The van der Waals surface area contributed by atoms with Crippen LogP contribution in [0.1, 0.15) is 48.8 Å². The predicted molar refractivity (Wildman–Crippen MR) is 130 cm³/mol. The molecule has 0 saturated heterocycles. The second-order valence-electron chi connectivity index (χ2n) is 9.74. The van der Waals surface area contributed by atoms with Crippen LogP contribution >= 0.6 is 0 Å². The highest BCUT2D eigenvalue weighted by atomic mass is 19.3. The first-order valence-electron chi connectivity index (χ1n) is 12.5. The molecule has 194 valence electrons. The summed E-state index contributed by atoms with van der Waals surface area (Å²) in [7, 11) is 1.76. The van der Waals surface area contributed by atoms with E-state index in [0.29, 0.717) is 16.9 Å². The van der Waals surface area contributed by atoms with E-state index in [0.717, 1.165) is 42.9 Å². The fourth-order valence-electron chi connectivity index (χ4n) is 5.27. The molecule has 1 aliphatic rings. The average Bonchev–Trinajstić information content (AvgIpc) is 2.85. The molecule has 0 N–H and O–H groups in total. The number of halogens is 5. The molecular formula is C29H31F5O2. The Labute approximate surface area is 208 Å². The molecule has 1 saturated carbocycles. The van der Waals surface area contributed by atoms with Gasteiger partial charge in [0.25, 0.3) is 0 Å². The molecule has 0 unspecified atom stereocenters. The number of hydrogen-bond acceptors (Lipinski definition) is 2. The van der Waals surface area contributed by atoms with E-state index in [9.17, 15) is 17.6 Å². The van der Waals surface area contributed by atoms with Crippen LogP contribution in [0.2, 0.25) is 0 Å². The molecule has 0 bridgehead atoms. The minimum absolute atomic E-state index is 0.149. The smallest absolute Gasteiger partial charge is 0.387 e. The first kappa shape index (κ1) is 26.4. The normalized spacial score (nSPS) is 18.2. The van der Waals surface area contributed by atoms with Crippen molar-refractivity contribution in [2.24, 2.45) is 11.8 Å². The fraction of sp³-hybridized carbons (Fsp3) is 0.448. The number of methoxy groups -OCH3 is 1. The first-order valence-corrected chi connectivity index (χ1v) is 12.5. The molecule has 0 heterocycles. The third-order valence-electron chi connectivity index (χ3n) is 7.26. The Morgan fingerprint density at radius 3 is 2.17 bits per heavy atom. The van der Waals surface area contributed by atoms with Gasteiger partial charge in [-0.05, 0) is 84.6 Å². The first-order chi connectivity index (χ1) is 17.3. The molecule has 0 aliphatic heterocycles. The molecular weight excluding hydrogens is 475 g/mol. The van der Waals surface area contributed by atoms with Gasteiger partial charge in [-0.3, -0.25) is 0 Å². The molecule has 0 spiro atoms. The maximum atomic E-state index is 15.2. The van der Waals surface area contributed by atoms with E-state index in [1.807, 2.05) is 18.2 Å². The van der Waals surface area contributed by atoms with Gasteiger partial charge in [-0.15, -0.1) is 0 Å². The summed E-state index contributed by atoms with van der Waals surface area (Å²) in [6.07, 6.45) is 7.35. The largest absolute Gasteiger partial charge is 0.429 e. The maximum absolute atomic E-state index is 15.2. The Balaban J connectivity index is 1.37. The van der Waals surface area contributed by atoms with Crippen LogP contribution in [0.5, 0.6) is 5.75 Å². The van der Waals surface area contributed by atoms with Gasteiger partial charge in [-0.2, -0.15) is 8.78 Å². The number of hydrogen-bond donors (Lipinski definition) is 0. The van der Waals surface area contributed by atoms with E-state index in [1.165, 1.54) is 31.2 Å². The molecule has 0 atom stereocenters. The summed E-state index contributed by atoms with van der Waals surface area (Å²) in [5.41, 5.74) is 1.85.